The Kier molecular flexibility index (Phi) is 19.0. The van der Waals surface area contributed by atoms with E-state index in [1.165, 1.54) is 28.6 Å². The zero-order chi connectivity index (χ0) is 55.0. The summed E-state index contributed by atoms with van der Waals surface area (Å²) in [5, 5.41) is 9.44. The number of phosphoric ester groups is 1. The van der Waals surface area contributed by atoms with E-state index in [4.69, 9.17) is 51.0 Å². The maximum atomic E-state index is 15.6. The van der Waals surface area contributed by atoms with Crippen molar-refractivity contribution >= 4 is 16.3 Å². The monoisotopic (exact) mass is 1100 g/mol. The molecule has 77 heavy (non-hydrogen) atoms. The van der Waals surface area contributed by atoms with E-state index in [9.17, 15) is 24.4 Å². The number of nitriles is 1. The minimum atomic E-state index is -4.78. The first-order valence-corrected chi connectivity index (χ1v) is 27.9. The van der Waals surface area contributed by atoms with Crippen LogP contribution in [0, 0.1) is 18.3 Å². The van der Waals surface area contributed by atoms with Crippen LogP contribution >= 0.6 is 16.3 Å². The van der Waals surface area contributed by atoms with Crippen molar-refractivity contribution in [1.82, 2.24) is 23.8 Å². The molecule has 0 saturated carbocycles. The van der Waals surface area contributed by atoms with Crippen LogP contribution in [0.1, 0.15) is 87.2 Å². The highest BCUT2D eigenvalue weighted by Crippen LogP contribution is 2.56. The molecule has 4 bridgehead atoms. The molecule has 5 heterocycles. The van der Waals surface area contributed by atoms with Gasteiger partial charge in [-0.15, -0.1) is 0 Å². The van der Waals surface area contributed by atoms with Crippen LogP contribution in [0.4, 0.5) is 0 Å². The lowest BCUT2D eigenvalue weighted by molar-refractivity contribution is -0.0961. The highest BCUT2D eigenvalue weighted by molar-refractivity contribution is 7.48. The summed E-state index contributed by atoms with van der Waals surface area (Å²) < 4.78 is 89.9. The summed E-state index contributed by atoms with van der Waals surface area (Å²) >= 11 is 0. The van der Waals surface area contributed by atoms with Crippen molar-refractivity contribution in [1.29, 1.82) is 5.26 Å². The van der Waals surface area contributed by atoms with Gasteiger partial charge in [-0.05, 0) is 88.4 Å². The Morgan fingerprint density at radius 2 is 1.44 bits per heavy atom. The smallest absolute Gasteiger partial charge is 0.475 e. The Balaban J connectivity index is 1.19. The highest BCUT2D eigenvalue weighted by atomic mass is 31.2. The number of ether oxygens (including phenoxy) is 6. The van der Waals surface area contributed by atoms with Gasteiger partial charge >= 0.3 is 19.2 Å². The average Bonchev–Trinajstić information content (AvgIpc) is 4.02. The molecule has 0 radical (unpaired) electrons. The molecule has 414 valence electrons. The molecule has 9 atom stereocenters. The number of hydrogen-bond acceptors (Lipinski definition) is 18. The summed E-state index contributed by atoms with van der Waals surface area (Å²) in [4.78, 5) is 57.7. The number of rotatable bonds is 20. The molecule has 3 aliphatic heterocycles. The molecule has 3 aliphatic rings. The average molecular weight is 1110 g/mol. The van der Waals surface area contributed by atoms with Gasteiger partial charge in [-0.3, -0.25) is 42.3 Å². The summed E-state index contributed by atoms with van der Waals surface area (Å²) in [6.07, 6.45) is -4.94. The van der Waals surface area contributed by atoms with Crippen LogP contribution in [-0.4, -0.2) is 114 Å². The number of methoxy groups -OCH3 is 3. The van der Waals surface area contributed by atoms with Crippen LogP contribution in [0.25, 0.3) is 0 Å². The predicted molar refractivity (Wildman–Crippen MR) is 282 cm³/mol. The molecule has 3 aromatic carbocycles. The van der Waals surface area contributed by atoms with E-state index in [0.29, 0.717) is 22.6 Å². The van der Waals surface area contributed by atoms with Gasteiger partial charge in [-0.25, -0.2) is 18.8 Å². The molecule has 0 aliphatic carbocycles. The second kappa shape index (κ2) is 25.4. The third-order valence-electron chi connectivity index (χ3n) is 13.5. The quantitative estimate of drug-likeness (QED) is 0.0464. The van der Waals surface area contributed by atoms with Gasteiger partial charge in [0.2, 0.25) is 0 Å². The van der Waals surface area contributed by atoms with E-state index in [2.05, 4.69) is 16.0 Å². The minimum Gasteiger partial charge on any atom is -0.497 e. The molecule has 5 aromatic rings. The summed E-state index contributed by atoms with van der Waals surface area (Å²) in [7, 11) is -2.16. The SMILES string of the molecule is COc1ccc(C(OC[C@H]2O[C@@H](n3cc(C)c(=O)[nH]c3=O)C[C@@H]2OP2(=O)OCCCc3cn(c(=O)[nH]c3=O)[C@@H]3O[C@H](CO2)[C@@H](OP(OCCC#N)N(C(C)C)C(C)C)[C@H]3OC)(c2ccccc2)c2ccc(OC)cc2)cc1. The van der Waals surface area contributed by atoms with Gasteiger partial charge in [0, 0.05) is 49.1 Å². The maximum Gasteiger partial charge on any atom is 0.475 e. The number of aromatic nitrogens is 4. The lowest BCUT2D eigenvalue weighted by Gasteiger charge is -2.38. The van der Waals surface area contributed by atoms with E-state index in [0.717, 1.165) is 5.56 Å². The summed E-state index contributed by atoms with van der Waals surface area (Å²) in [5.74, 6) is 1.22. The molecule has 2 aromatic heterocycles. The second-order valence-corrected chi connectivity index (χ2v) is 22.2. The minimum absolute atomic E-state index is 0.0420. The van der Waals surface area contributed by atoms with Gasteiger partial charge in [0.05, 0.1) is 53.1 Å². The third-order valence-corrected chi connectivity index (χ3v) is 17.1. The standard InChI is InChI=1S/C53H66N6O16P2/c1-33(2)59(34(3)4)76(69-26-13-25-54)74-46-44-32-71-77(64,70-27-12-14-36-30-58(52(63)56-49(36)61)50(73-44)47(46)67-8)75-42-28-45(57-29-35(5)48(60)55-51(57)62)72-43(42)31-68-53(37-15-10-9-11-16-37,38-17-21-40(65-6)22-18-38)39-19-23-41(66-7)24-20-39/h9-11,15-24,29-30,33-34,42-47,50H,12-14,26-28,31-32H2,1-8H3,(H,55,60,62)(H,56,61,63)/t42-,43+,44+,45+,46+,47+,50+,76?,77?/m0/s1. The molecule has 8 rings (SSSR count). The molecule has 2 fully saturated rings. The summed E-state index contributed by atoms with van der Waals surface area (Å²) in [6, 6.07) is 26.3. The van der Waals surface area contributed by atoms with Crippen LogP contribution < -0.4 is 32.0 Å². The zero-order valence-corrected chi connectivity index (χ0v) is 46.0. The van der Waals surface area contributed by atoms with Crippen LogP contribution in [-0.2, 0) is 58.2 Å². The van der Waals surface area contributed by atoms with Crippen LogP contribution in [0.2, 0.25) is 0 Å². The van der Waals surface area contributed by atoms with E-state index in [-0.39, 0.29) is 68.7 Å². The van der Waals surface area contributed by atoms with E-state index >= 15 is 4.57 Å². The van der Waals surface area contributed by atoms with Crippen molar-refractivity contribution < 1.29 is 55.6 Å². The molecule has 0 spiro atoms. The number of hydrogen-bond donors (Lipinski definition) is 2. The number of H-pyrrole nitrogens is 2. The van der Waals surface area contributed by atoms with Gasteiger partial charge in [0.25, 0.3) is 19.6 Å². The molecule has 0 amide bonds. The van der Waals surface area contributed by atoms with Gasteiger partial charge in [0.15, 0.2) is 6.23 Å². The molecule has 22 nitrogen and oxygen atoms in total. The molecular weight excluding hydrogens is 1040 g/mol. The van der Waals surface area contributed by atoms with Crippen molar-refractivity contribution in [3.05, 3.63) is 161 Å². The van der Waals surface area contributed by atoms with Crippen molar-refractivity contribution in [3.8, 4) is 17.6 Å². The maximum absolute atomic E-state index is 15.6. The van der Waals surface area contributed by atoms with Gasteiger partial charge in [-0.1, -0.05) is 54.6 Å². The molecule has 24 heteroatoms. The number of fused-ring (bicyclic) bond motifs is 5. The Bertz CT molecular complexity index is 3050. The van der Waals surface area contributed by atoms with Gasteiger partial charge in [-0.2, -0.15) is 5.26 Å². The molecule has 2 unspecified atom stereocenters. The van der Waals surface area contributed by atoms with Crippen molar-refractivity contribution in [3.63, 3.8) is 0 Å². The van der Waals surface area contributed by atoms with E-state index in [1.54, 1.807) is 21.1 Å². The first-order valence-electron chi connectivity index (χ1n) is 25.3. The van der Waals surface area contributed by atoms with E-state index < -0.39 is 94.0 Å². The third kappa shape index (κ3) is 12.8. The fourth-order valence-electron chi connectivity index (χ4n) is 9.82. The molecule has 2 N–H and O–H groups in total. The van der Waals surface area contributed by atoms with Crippen molar-refractivity contribution in [2.75, 3.05) is 47.8 Å². The van der Waals surface area contributed by atoms with Crippen molar-refractivity contribution in [2.45, 2.75) is 121 Å². The first kappa shape index (κ1) is 57.5. The van der Waals surface area contributed by atoms with Crippen LogP contribution in [0.5, 0.6) is 11.5 Å². The largest absolute Gasteiger partial charge is 0.497 e. The van der Waals surface area contributed by atoms with E-state index in [1.807, 2.05) is 111 Å². The number of aromatic amines is 2. The highest BCUT2D eigenvalue weighted by Gasteiger charge is 2.52. The fraction of sp³-hybridized carbons (Fsp3) is 0.491. The number of phosphoric acid groups is 1. The predicted octanol–water partition coefficient (Wildman–Crippen LogP) is 6.75. The number of nitrogens with one attached hydrogen (secondary N) is 2. The van der Waals surface area contributed by atoms with Crippen molar-refractivity contribution in [2.24, 2.45) is 0 Å². The van der Waals surface area contributed by atoms with Crippen LogP contribution in [0.3, 0.4) is 0 Å². The zero-order valence-electron chi connectivity index (χ0n) is 44.2. The Morgan fingerprint density at radius 1 is 0.818 bits per heavy atom. The number of benzene rings is 3. The fourth-order valence-corrected chi connectivity index (χ4v) is 13.0. The summed E-state index contributed by atoms with van der Waals surface area (Å²) in [5.41, 5.74) is -1.48. The normalized spacial score (nSPS) is 24.3. The Hall–Kier alpha value is -5.63. The molecular formula is C53H66N6O16P2. The Morgan fingerprint density at radius 3 is 2.05 bits per heavy atom. The molecule has 2 saturated heterocycles. The van der Waals surface area contributed by atoms with Crippen LogP contribution in [0.15, 0.2) is 110 Å². The Labute approximate surface area is 446 Å². The van der Waals surface area contributed by atoms with Gasteiger partial charge < -0.3 is 37.5 Å². The lowest BCUT2D eigenvalue weighted by Crippen LogP contribution is -2.42. The second-order valence-electron chi connectivity index (χ2n) is 19.2. The first-order chi connectivity index (χ1) is 37.0. The van der Waals surface area contributed by atoms with Gasteiger partial charge in [0.1, 0.15) is 53.8 Å². The number of aryl methyl sites for hydroxylation is 2. The number of nitrogens with zero attached hydrogens (tertiary/aromatic N) is 4. The lowest BCUT2D eigenvalue weighted by atomic mass is 9.80. The summed E-state index contributed by atoms with van der Waals surface area (Å²) in [6.45, 7) is 8.48. The topological polar surface area (TPSA) is 255 Å².